The molecule has 0 radical (unpaired) electrons. The highest BCUT2D eigenvalue weighted by molar-refractivity contribution is 5.26. The molecular formula is C24H29NO. The number of aliphatic hydroxyl groups is 1. The molecule has 3 rings (SSSR count). The van der Waals surface area contributed by atoms with Crippen LogP contribution in [0, 0.1) is 17.8 Å². The molecule has 2 aromatic carbocycles. The minimum absolute atomic E-state index is 0.321. The first-order valence-corrected chi connectivity index (χ1v) is 9.64. The van der Waals surface area contributed by atoms with Crippen molar-refractivity contribution in [3.8, 4) is 11.8 Å². The fraction of sp³-hybridized carbons (Fsp3) is 0.417. The Morgan fingerprint density at radius 2 is 1.58 bits per heavy atom. The summed E-state index contributed by atoms with van der Waals surface area (Å²) in [7, 11) is 2.09. The van der Waals surface area contributed by atoms with E-state index >= 15 is 0 Å². The molecule has 26 heavy (non-hydrogen) atoms. The third-order valence-corrected chi connectivity index (χ3v) is 5.43. The fourth-order valence-corrected chi connectivity index (χ4v) is 3.95. The molecule has 2 nitrogen and oxygen atoms in total. The quantitative estimate of drug-likeness (QED) is 0.773. The molecule has 1 fully saturated rings. The number of hydrogen-bond donors (Lipinski definition) is 1. The lowest BCUT2D eigenvalue weighted by Crippen LogP contribution is -2.33. The van der Waals surface area contributed by atoms with Crippen molar-refractivity contribution in [2.24, 2.45) is 5.92 Å². The molecule has 1 saturated carbocycles. The zero-order valence-corrected chi connectivity index (χ0v) is 15.7. The van der Waals surface area contributed by atoms with E-state index in [1.165, 1.54) is 18.4 Å². The van der Waals surface area contributed by atoms with E-state index in [2.05, 4.69) is 48.1 Å². The second-order valence-electron chi connectivity index (χ2n) is 7.46. The molecule has 0 spiro atoms. The zero-order chi connectivity index (χ0) is 18.2. The number of benzene rings is 2. The normalized spacial score (nSPS) is 16.9. The highest BCUT2D eigenvalue weighted by Gasteiger charge is 2.39. The minimum Gasteiger partial charge on any atom is -0.384 e. The summed E-state index contributed by atoms with van der Waals surface area (Å²) in [4.78, 5) is 2.21. The van der Waals surface area contributed by atoms with Crippen molar-refractivity contribution in [2.45, 2.75) is 44.2 Å². The Hall–Kier alpha value is -2.08. The molecule has 2 heteroatoms. The molecule has 1 N–H and O–H groups in total. The van der Waals surface area contributed by atoms with Crippen molar-refractivity contribution >= 4 is 0 Å². The van der Waals surface area contributed by atoms with Gasteiger partial charge in [0.05, 0.1) is 6.54 Å². The van der Waals surface area contributed by atoms with E-state index in [-0.39, 0.29) is 0 Å². The van der Waals surface area contributed by atoms with Gasteiger partial charge >= 0.3 is 0 Å². The van der Waals surface area contributed by atoms with Crippen molar-refractivity contribution in [1.29, 1.82) is 0 Å². The van der Waals surface area contributed by atoms with Crippen LogP contribution in [0.25, 0.3) is 0 Å². The van der Waals surface area contributed by atoms with Crippen LogP contribution in [0.3, 0.4) is 0 Å². The van der Waals surface area contributed by atoms with Gasteiger partial charge in [-0.25, -0.2) is 0 Å². The summed E-state index contributed by atoms with van der Waals surface area (Å²) >= 11 is 0. The fourth-order valence-electron chi connectivity index (χ4n) is 3.95. The third-order valence-electron chi connectivity index (χ3n) is 5.43. The number of hydrogen-bond acceptors (Lipinski definition) is 2. The monoisotopic (exact) mass is 347 g/mol. The average Bonchev–Trinajstić information content (AvgIpc) is 3.22. The van der Waals surface area contributed by atoms with Crippen LogP contribution in [0.2, 0.25) is 0 Å². The molecular weight excluding hydrogens is 318 g/mol. The van der Waals surface area contributed by atoms with Crippen LogP contribution in [0.5, 0.6) is 0 Å². The van der Waals surface area contributed by atoms with Gasteiger partial charge < -0.3 is 5.11 Å². The van der Waals surface area contributed by atoms with Gasteiger partial charge in [-0.05, 0) is 36.9 Å². The third kappa shape index (κ3) is 4.75. The lowest BCUT2D eigenvalue weighted by atomic mass is 9.78. The molecule has 1 atom stereocenters. The van der Waals surface area contributed by atoms with E-state index < -0.39 is 5.60 Å². The second kappa shape index (κ2) is 9.03. The lowest BCUT2D eigenvalue weighted by molar-refractivity contribution is -0.0173. The highest BCUT2D eigenvalue weighted by atomic mass is 16.3. The Morgan fingerprint density at radius 3 is 2.23 bits per heavy atom. The molecule has 2 aromatic rings. The summed E-state index contributed by atoms with van der Waals surface area (Å²) in [6, 6.07) is 20.6. The maximum Gasteiger partial charge on any atom is 0.103 e. The van der Waals surface area contributed by atoms with Gasteiger partial charge in [0, 0.05) is 13.0 Å². The van der Waals surface area contributed by atoms with Crippen LogP contribution in [-0.2, 0) is 12.1 Å². The Balaban J connectivity index is 1.62. The van der Waals surface area contributed by atoms with E-state index in [1.54, 1.807) is 0 Å². The number of rotatable bonds is 6. The maximum atomic E-state index is 11.5. The largest absolute Gasteiger partial charge is 0.384 e. The van der Waals surface area contributed by atoms with Gasteiger partial charge in [-0.15, -0.1) is 0 Å². The first kappa shape index (κ1) is 18.7. The van der Waals surface area contributed by atoms with E-state index in [0.717, 1.165) is 24.9 Å². The average molecular weight is 348 g/mol. The standard InChI is InChI=1S/C24H29NO/c1-25(20-21-12-4-2-5-13-21)19-11-10-18-24(26,23-16-8-9-17-23)22-14-6-3-7-15-22/h2-7,12-15,23,26H,8-9,16-20H2,1H3/t24-/m1/s1. The van der Waals surface area contributed by atoms with Crippen LogP contribution >= 0.6 is 0 Å². The minimum atomic E-state index is -0.817. The van der Waals surface area contributed by atoms with Crippen molar-refractivity contribution < 1.29 is 5.11 Å². The molecule has 1 aliphatic rings. The summed E-state index contributed by atoms with van der Waals surface area (Å²) in [5.41, 5.74) is 1.49. The predicted molar refractivity (Wildman–Crippen MR) is 107 cm³/mol. The summed E-state index contributed by atoms with van der Waals surface area (Å²) in [6.07, 6.45) is 5.14. The molecule has 0 bridgehead atoms. The Morgan fingerprint density at radius 1 is 0.962 bits per heavy atom. The van der Waals surface area contributed by atoms with Crippen LogP contribution in [-0.4, -0.2) is 23.6 Å². The number of nitrogens with zero attached hydrogens (tertiary/aromatic N) is 1. The van der Waals surface area contributed by atoms with Crippen LogP contribution in [0.15, 0.2) is 60.7 Å². The lowest BCUT2D eigenvalue weighted by Gasteiger charge is -2.33. The van der Waals surface area contributed by atoms with Gasteiger partial charge in [-0.1, -0.05) is 85.3 Å². The van der Waals surface area contributed by atoms with Crippen LogP contribution < -0.4 is 0 Å². The maximum absolute atomic E-state index is 11.5. The van der Waals surface area contributed by atoms with Crippen molar-refractivity contribution in [3.63, 3.8) is 0 Å². The second-order valence-corrected chi connectivity index (χ2v) is 7.46. The van der Waals surface area contributed by atoms with Crippen molar-refractivity contribution in [2.75, 3.05) is 13.6 Å². The first-order chi connectivity index (χ1) is 12.7. The van der Waals surface area contributed by atoms with Gasteiger partial charge in [0.1, 0.15) is 5.60 Å². The molecule has 0 heterocycles. The summed E-state index contributed by atoms with van der Waals surface area (Å²) in [5, 5.41) is 11.5. The van der Waals surface area contributed by atoms with Crippen molar-refractivity contribution in [1.82, 2.24) is 4.90 Å². The van der Waals surface area contributed by atoms with Gasteiger partial charge in [0.2, 0.25) is 0 Å². The predicted octanol–water partition coefficient (Wildman–Crippen LogP) is 4.59. The molecule has 136 valence electrons. The van der Waals surface area contributed by atoms with Gasteiger partial charge in [0.25, 0.3) is 0 Å². The van der Waals surface area contributed by atoms with Gasteiger partial charge in [-0.3, -0.25) is 4.90 Å². The highest BCUT2D eigenvalue weighted by Crippen LogP contribution is 2.42. The summed E-state index contributed by atoms with van der Waals surface area (Å²) < 4.78 is 0. The van der Waals surface area contributed by atoms with Crippen molar-refractivity contribution in [3.05, 3.63) is 71.8 Å². The molecule has 0 aliphatic heterocycles. The molecule has 0 unspecified atom stereocenters. The zero-order valence-electron chi connectivity index (χ0n) is 15.7. The molecule has 0 saturated heterocycles. The summed E-state index contributed by atoms with van der Waals surface area (Å²) in [6.45, 7) is 1.60. The first-order valence-electron chi connectivity index (χ1n) is 9.64. The summed E-state index contributed by atoms with van der Waals surface area (Å²) in [5.74, 6) is 6.87. The SMILES string of the molecule is CN(CC#CC[C@@](O)(c1ccccc1)C1CCCC1)Cc1ccccc1. The van der Waals surface area contributed by atoms with E-state index in [0.29, 0.717) is 18.9 Å². The van der Waals surface area contributed by atoms with Crippen LogP contribution in [0.4, 0.5) is 0 Å². The Kier molecular flexibility index (Phi) is 6.50. The van der Waals surface area contributed by atoms with E-state index in [9.17, 15) is 5.11 Å². The van der Waals surface area contributed by atoms with E-state index in [1.807, 2.05) is 36.4 Å². The van der Waals surface area contributed by atoms with Gasteiger partial charge in [-0.2, -0.15) is 0 Å². The molecule has 0 aromatic heterocycles. The Labute approximate surface area is 157 Å². The molecule has 1 aliphatic carbocycles. The Bertz CT molecular complexity index is 725. The smallest absolute Gasteiger partial charge is 0.103 e. The van der Waals surface area contributed by atoms with Crippen LogP contribution in [0.1, 0.15) is 43.2 Å². The van der Waals surface area contributed by atoms with Gasteiger partial charge in [0.15, 0.2) is 0 Å². The van der Waals surface area contributed by atoms with E-state index in [4.69, 9.17) is 0 Å². The molecule has 0 amide bonds. The topological polar surface area (TPSA) is 23.5 Å².